The van der Waals surface area contributed by atoms with E-state index >= 15 is 0 Å². The highest BCUT2D eigenvalue weighted by Crippen LogP contribution is 2.25. The van der Waals surface area contributed by atoms with E-state index in [-0.39, 0.29) is 5.91 Å². The van der Waals surface area contributed by atoms with Gasteiger partial charge in [0.15, 0.2) is 5.65 Å². The Bertz CT molecular complexity index is 1210. The lowest BCUT2D eigenvalue weighted by Crippen LogP contribution is -2.35. The number of fused-ring (bicyclic) bond motifs is 1. The van der Waals surface area contributed by atoms with Crippen molar-refractivity contribution in [3.63, 3.8) is 0 Å². The summed E-state index contributed by atoms with van der Waals surface area (Å²) in [6.07, 6.45) is 5.06. The molecule has 170 valence electrons. The number of benzene rings is 1. The summed E-state index contributed by atoms with van der Waals surface area (Å²) in [5.41, 5.74) is 4.42. The van der Waals surface area contributed by atoms with E-state index in [0.29, 0.717) is 18.0 Å². The zero-order valence-corrected chi connectivity index (χ0v) is 19.7. The van der Waals surface area contributed by atoms with E-state index in [0.717, 1.165) is 48.0 Å². The number of piperidine rings is 1. The quantitative estimate of drug-likeness (QED) is 0.431. The van der Waals surface area contributed by atoms with Gasteiger partial charge in [-0.05, 0) is 62.2 Å². The SMILES string of the molecule is Cc1c(C(=O)NCCC2CCN(Cc3ccccc3)CC2)cnc2cc(-c3cccs3)nn12. The molecule has 1 aliphatic heterocycles. The molecule has 1 fully saturated rings. The van der Waals surface area contributed by atoms with Crippen molar-refractivity contribution in [2.75, 3.05) is 19.6 Å². The Labute approximate surface area is 198 Å². The first kappa shape index (κ1) is 21.8. The van der Waals surface area contributed by atoms with E-state index in [9.17, 15) is 4.79 Å². The molecule has 4 aromatic rings. The van der Waals surface area contributed by atoms with E-state index in [1.807, 2.05) is 30.5 Å². The number of nitrogens with one attached hydrogen (secondary N) is 1. The van der Waals surface area contributed by atoms with Gasteiger partial charge in [-0.2, -0.15) is 5.10 Å². The number of hydrogen-bond donors (Lipinski definition) is 1. The molecule has 33 heavy (non-hydrogen) atoms. The van der Waals surface area contributed by atoms with Gasteiger partial charge in [0, 0.05) is 25.4 Å². The third kappa shape index (κ3) is 4.99. The molecule has 5 rings (SSSR count). The summed E-state index contributed by atoms with van der Waals surface area (Å²) < 4.78 is 1.77. The first-order valence-electron chi connectivity index (χ1n) is 11.6. The molecule has 7 heteroatoms. The molecule has 1 N–H and O–H groups in total. The van der Waals surface area contributed by atoms with Gasteiger partial charge in [0.25, 0.3) is 5.91 Å². The molecule has 0 atom stereocenters. The molecule has 6 nitrogen and oxygen atoms in total. The summed E-state index contributed by atoms with van der Waals surface area (Å²) >= 11 is 1.65. The van der Waals surface area contributed by atoms with Gasteiger partial charge in [-0.15, -0.1) is 11.3 Å². The summed E-state index contributed by atoms with van der Waals surface area (Å²) in [5, 5.41) is 9.81. The molecular weight excluding hydrogens is 430 g/mol. The summed E-state index contributed by atoms with van der Waals surface area (Å²) in [6, 6.07) is 16.7. The number of aryl methyl sites for hydroxylation is 1. The van der Waals surface area contributed by atoms with Crippen LogP contribution in [-0.2, 0) is 6.54 Å². The van der Waals surface area contributed by atoms with Gasteiger partial charge in [0.2, 0.25) is 0 Å². The average molecular weight is 460 g/mol. The van der Waals surface area contributed by atoms with Crippen LogP contribution in [0, 0.1) is 12.8 Å². The van der Waals surface area contributed by atoms with Crippen molar-refractivity contribution in [2.24, 2.45) is 5.92 Å². The summed E-state index contributed by atoms with van der Waals surface area (Å²) in [4.78, 5) is 20.9. The number of aromatic nitrogens is 3. The van der Waals surface area contributed by atoms with Crippen LogP contribution in [0.5, 0.6) is 0 Å². The van der Waals surface area contributed by atoms with Crippen molar-refractivity contribution >= 4 is 22.9 Å². The number of thiophene rings is 1. The van der Waals surface area contributed by atoms with E-state index in [2.05, 4.69) is 50.6 Å². The van der Waals surface area contributed by atoms with Crippen LogP contribution in [0.4, 0.5) is 0 Å². The number of carbonyl (C=O) groups is 1. The predicted molar refractivity (Wildman–Crippen MR) is 132 cm³/mol. The summed E-state index contributed by atoms with van der Waals surface area (Å²) in [5.74, 6) is 0.593. The van der Waals surface area contributed by atoms with Crippen LogP contribution in [0.25, 0.3) is 16.2 Å². The van der Waals surface area contributed by atoms with Crippen LogP contribution in [0.2, 0.25) is 0 Å². The van der Waals surface area contributed by atoms with Crippen LogP contribution in [-0.4, -0.2) is 45.0 Å². The first-order valence-corrected chi connectivity index (χ1v) is 12.5. The van der Waals surface area contributed by atoms with Crippen LogP contribution in [0.1, 0.15) is 40.9 Å². The fraction of sp³-hybridized carbons (Fsp3) is 0.346. The van der Waals surface area contributed by atoms with Gasteiger partial charge in [0.1, 0.15) is 5.69 Å². The van der Waals surface area contributed by atoms with Gasteiger partial charge in [-0.25, -0.2) is 9.50 Å². The second kappa shape index (κ2) is 9.85. The zero-order chi connectivity index (χ0) is 22.6. The van der Waals surface area contributed by atoms with Gasteiger partial charge in [-0.3, -0.25) is 9.69 Å². The van der Waals surface area contributed by atoms with Crippen molar-refractivity contribution < 1.29 is 4.79 Å². The topological polar surface area (TPSA) is 62.5 Å². The Morgan fingerprint density at radius 1 is 1.15 bits per heavy atom. The first-order chi connectivity index (χ1) is 16.2. The van der Waals surface area contributed by atoms with E-state index < -0.39 is 0 Å². The monoisotopic (exact) mass is 459 g/mol. The lowest BCUT2D eigenvalue weighted by molar-refractivity contribution is 0.0946. The molecule has 0 saturated carbocycles. The van der Waals surface area contributed by atoms with Crippen molar-refractivity contribution in [2.45, 2.75) is 32.7 Å². The lowest BCUT2D eigenvalue weighted by atomic mass is 9.93. The number of nitrogens with zero attached hydrogens (tertiary/aromatic N) is 4. The van der Waals surface area contributed by atoms with E-state index in [4.69, 9.17) is 0 Å². The largest absolute Gasteiger partial charge is 0.352 e. The van der Waals surface area contributed by atoms with Gasteiger partial charge in [-0.1, -0.05) is 36.4 Å². The van der Waals surface area contributed by atoms with Crippen molar-refractivity contribution in [1.29, 1.82) is 0 Å². The Morgan fingerprint density at radius 2 is 1.97 bits per heavy atom. The van der Waals surface area contributed by atoms with Gasteiger partial charge in [0.05, 0.1) is 16.1 Å². The van der Waals surface area contributed by atoms with Crippen LogP contribution in [0.15, 0.2) is 60.1 Å². The smallest absolute Gasteiger partial charge is 0.254 e. The highest BCUT2D eigenvalue weighted by molar-refractivity contribution is 7.13. The molecule has 0 radical (unpaired) electrons. The van der Waals surface area contributed by atoms with E-state index in [1.165, 1.54) is 18.4 Å². The number of amides is 1. The minimum absolute atomic E-state index is 0.0726. The predicted octanol–water partition coefficient (Wildman–Crippen LogP) is 4.80. The highest BCUT2D eigenvalue weighted by Gasteiger charge is 2.20. The highest BCUT2D eigenvalue weighted by atomic mass is 32.1. The Morgan fingerprint density at radius 3 is 2.73 bits per heavy atom. The number of likely N-dealkylation sites (tertiary alicyclic amines) is 1. The van der Waals surface area contributed by atoms with Gasteiger partial charge >= 0.3 is 0 Å². The minimum Gasteiger partial charge on any atom is -0.352 e. The molecule has 4 heterocycles. The van der Waals surface area contributed by atoms with Crippen LogP contribution < -0.4 is 5.32 Å². The summed E-state index contributed by atoms with van der Waals surface area (Å²) in [7, 11) is 0. The second-order valence-electron chi connectivity index (χ2n) is 8.78. The Hall–Kier alpha value is -3.03. The maximum atomic E-state index is 12.8. The van der Waals surface area contributed by atoms with Crippen LogP contribution >= 0.6 is 11.3 Å². The number of rotatable bonds is 7. The van der Waals surface area contributed by atoms with Crippen LogP contribution in [0.3, 0.4) is 0 Å². The molecule has 1 saturated heterocycles. The number of carbonyl (C=O) groups excluding carboxylic acids is 1. The summed E-state index contributed by atoms with van der Waals surface area (Å²) in [6.45, 7) is 5.90. The third-order valence-corrected chi connectivity index (χ3v) is 7.43. The second-order valence-corrected chi connectivity index (χ2v) is 9.73. The molecule has 0 spiro atoms. The molecule has 0 bridgehead atoms. The molecule has 1 aromatic carbocycles. The maximum absolute atomic E-state index is 12.8. The van der Waals surface area contributed by atoms with Gasteiger partial charge < -0.3 is 5.32 Å². The van der Waals surface area contributed by atoms with Crippen molar-refractivity contribution in [3.05, 3.63) is 76.9 Å². The number of hydrogen-bond acceptors (Lipinski definition) is 5. The maximum Gasteiger partial charge on any atom is 0.254 e. The van der Waals surface area contributed by atoms with E-state index in [1.54, 1.807) is 22.0 Å². The van der Waals surface area contributed by atoms with Crippen molar-refractivity contribution in [1.82, 2.24) is 24.8 Å². The molecule has 1 amide bonds. The lowest BCUT2D eigenvalue weighted by Gasteiger charge is -2.32. The molecule has 0 aliphatic carbocycles. The molecule has 1 aliphatic rings. The van der Waals surface area contributed by atoms with Crippen molar-refractivity contribution in [3.8, 4) is 10.6 Å². The fourth-order valence-corrected chi connectivity index (χ4v) is 5.26. The normalized spacial score (nSPS) is 15.2. The average Bonchev–Trinajstić information content (AvgIpc) is 3.51. The molecule has 3 aromatic heterocycles. The minimum atomic E-state index is -0.0726. The Kier molecular flexibility index (Phi) is 6.51. The molecular formula is C26H29N5OS. The standard InChI is InChI=1S/C26H29N5OS/c1-19-22(17-28-25-16-23(29-31(19)25)24-8-5-15-33-24)26(32)27-12-9-20-10-13-30(14-11-20)18-21-6-3-2-4-7-21/h2-8,15-17,20H,9-14,18H2,1H3,(H,27,32). The third-order valence-electron chi connectivity index (χ3n) is 6.54. The Balaban J connectivity index is 1.13. The zero-order valence-electron chi connectivity index (χ0n) is 18.9. The molecule has 0 unspecified atom stereocenters. The fourth-order valence-electron chi connectivity index (χ4n) is 4.58.